The second-order valence-corrected chi connectivity index (χ2v) is 6.57. The van der Waals surface area contributed by atoms with Gasteiger partial charge in [0.15, 0.2) is 0 Å². The SMILES string of the molecule is NC(Cc1ccccc1)c1nc(C(=O)NCc2cccc(F)c2)cs1. The van der Waals surface area contributed by atoms with Crippen molar-refractivity contribution in [3.8, 4) is 0 Å². The van der Waals surface area contributed by atoms with E-state index in [0.29, 0.717) is 17.7 Å². The number of hydrogen-bond donors (Lipinski definition) is 2. The molecular formula is C19H18FN3OS. The Labute approximate surface area is 149 Å². The molecule has 0 spiro atoms. The Kier molecular flexibility index (Phi) is 5.53. The maximum absolute atomic E-state index is 13.1. The number of thiazole rings is 1. The fourth-order valence-corrected chi connectivity index (χ4v) is 3.24. The minimum atomic E-state index is -0.324. The van der Waals surface area contributed by atoms with E-state index in [2.05, 4.69) is 10.3 Å². The van der Waals surface area contributed by atoms with Gasteiger partial charge >= 0.3 is 0 Å². The lowest BCUT2D eigenvalue weighted by molar-refractivity contribution is 0.0946. The van der Waals surface area contributed by atoms with Crippen molar-refractivity contribution >= 4 is 17.2 Å². The molecule has 4 nitrogen and oxygen atoms in total. The average Bonchev–Trinajstić information content (AvgIpc) is 3.11. The monoisotopic (exact) mass is 355 g/mol. The highest BCUT2D eigenvalue weighted by molar-refractivity contribution is 7.09. The number of nitrogens with one attached hydrogen (secondary N) is 1. The standard InChI is InChI=1S/C19H18FN3OS/c20-15-8-4-7-14(9-15)11-22-18(24)17-12-25-19(23-17)16(21)10-13-5-2-1-3-6-13/h1-9,12,16H,10-11,21H2,(H,22,24). The molecule has 3 aromatic rings. The molecule has 0 saturated carbocycles. The van der Waals surface area contributed by atoms with Crippen molar-refractivity contribution in [2.24, 2.45) is 5.73 Å². The number of nitrogens with zero attached hydrogens (tertiary/aromatic N) is 1. The molecule has 128 valence electrons. The predicted molar refractivity (Wildman–Crippen MR) is 96.8 cm³/mol. The lowest BCUT2D eigenvalue weighted by atomic mass is 10.1. The molecule has 2 aromatic carbocycles. The number of benzene rings is 2. The van der Waals surface area contributed by atoms with Crippen molar-refractivity contribution in [2.75, 3.05) is 0 Å². The van der Waals surface area contributed by atoms with Crippen LogP contribution in [0.3, 0.4) is 0 Å². The number of amides is 1. The molecule has 0 aliphatic heterocycles. The van der Waals surface area contributed by atoms with Crippen LogP contribution < -0.4 is 11.1 Å². The van der Waals surface area contributed by atoms with Gasteiger partial charge in [-0.3, -0.25) is 4.79 Å². The molecule has 3 rings (SSSR count). The van der Waals surface area contributed by atoms with E-state index in [-0.39, 0.29) is 24.3 Å². The largest absolute Gasteiger partial charge is 0.347 e. The Hall–Kier alpha value is -2.57. The highest BCUT2D eigenvalue weighted by Gasteiger charge is 2.15. The number of halogens is 1. The summed E-state index contributed by atoms with van der Waals surface area (Å²) in [5.74, 6) is -0.617. The van der Waals surface area contributed by atoms with E-state index in [4.69, 9.17) is 5.73 Å². The summed E-state index contributed by atoms with van der Waals surface area (Å²) >= 11 is 1.37. The minimum absolute atomic E-state index is 0.250. The van der Waals surface area contributed by atoms with Crippen LogP contribution in [0.2, 0.25) is 0 Å². The third kappa shape index (κ3) is 4.71. The van der Waals surface area contributed by atoms with Crippen LogP contribution in [0.5, 0.6) is 0 Å². The molecule has 0 aliphatic carbocycles. The fourth-order valence-electron chi connectivity index (χ4n) is 2.44. The van der Waals surface area contributed by atoms with Crippen LogP contribution in [-0.4, -0.2) is 10.9 Å². The molecule has 1 heterocycles. The van der Waals surface area contributed by atoms with Crippen molar-refractivity contribution in [2.45, 2.75) is 19.0 Å². The van der Waals surface area contributed by atoms with Crippen molar-refractivity contribution in [1.29, 1.82) is 0 Å². The van der Waals surface area contributed by atoms with Gasteiger partial charge in [0.2, 0.25) is 0 Å². The Morgan fingerprint density at radius 1 is 1.16 bits per heavy atom. The van der Waals surface area contributed by atoms with E-state index in [1.807, 2.05) is 30.3 Å². The van der Waals surface area contributed by atoms with Gasteiger partial charge in [0, 0.05) is 11.9 Å². The molecule has 25 heavy (non-hydrogen) atoms. The highest BCUT2D eigenvalue weighted by atomic mass is 32.1. The first-order chi connectivity index (χ1) is 12.1. The van der Waals surface area contributed by atoms with E-state index in [1.165, 1.54) is 23.5 Å². The lowest BCUT2D eigenvalue weighted by Gasteiger charge is -2.08. The molecule has 1 amide bonds. The number of nitrogens with two attached hydrogens (primary N) is 1. The van der Waals surface area contributed by atoms with E-state index in [0.717, 1.165) is 10.6 Å². The molecule has 3 N–H and O–H groups in total. The quantitative estimate of drug-likeness (QED) is 0.712. The zero-order chi connectivity index (χ0) is 17.6. The van der Waals surface area contributed by atoms with Crippen molar-refractivity contribution in [1.82, 2.24) is 10.3 Å². The van der Waals surface area contributed by atoms with Crippen LogP contribution in [0.1, 0.15) is 32.7 Å². The van der Waals surface area contributed by atoms with E-state index in [1.54, 1.807) is 17.5 Å². The van der Waals surface area contributed by atoms with E-state index >= 15 is 0 Å². The molecule has 6 heteroatoms. The van der Waals surface area contributed by atoms with Gasteiger partial charge in [-0.15, -0.1) is 11.3 Å². The Morgan fingerprint density at radius 2 is 1.92 bits per heavy atom. The summed E-state index contributed by atoms with van der Waals surface area (Å²) in [5.41, 5.74) is 8.36. The summed E-state index contributed by atoms with van der Waals surface area (Å²) in [6.45, 7) is 0.250. The molecular weight excluding hydrogens is 337 g/mol. The van der Waals surface area contributed by atoms with Crippen molar-refractivity contribution in [3.63, 3.8) is 0 Å². The number of aromatic nitrogens is 1. The number of rotatable bonds is 6. The Morgan fingerprint density at radius 3 is 2.68 bits per heavy atom. The summed E-state index contributed by atoms with van der Waals surface area (Å²) < 4.78 is 13.1. The molecule has 0 saturated heterocycles. The first kappa shape index (κ1) is 17.3. The van der Waals surface area contributed by atoms with Crippen LogP contribution in [0.4, 0.5) is 4.39 Å². The normalized spacial score (nSPS) is 11.9. The van der Waals surface area contributed by atoms with Crippen LogP contribution in [0, 0.1) is 5.82 Å². The first-order valence-electron chi connectivity index (χ1n) is 7.89. The summed E-state index contributed by atoms with van der Waals surface area (Å²) in [5, 5.41) is 5.16. The number of carbonyl (C=O) groups is 1. The molecule has 0 fully saturated rings. The predicted octanol–water partition coefficient (Wildman–Crippen LogP) is 3.45. The molecule has 1 atom stereocenters. The summed E-state index contributed by atoms with van der Waals surface area (Å²) in [4.78, 5) is 16.5. The van der Waals surface area contributed by atoms with E-state index in [9.17, 15) is 9.18 Å². The summed E-state index contributed by atoms with van der Waals surface area (Å²) in [7, 11) is 0. The fraction of sp³-hybridized carbons (Fsp3) is 0.158. The number of hydrogen-bond acceptors (Lipinski definition) is 4. The second kappa shape index (κ2) is 8.00. The zero-order valence-electron chi connectivity index (χ0n) is 13.5. The molecule has 0 bridgehead atoms. The molecule has 0 radical (unpaired) electrons. The summed E-state index contributed by atoms with van der Waals surface area (Å²) in [6, 6.07) is 15.8. The smallest absolute Gasteiger partial charge is 0.271 e. The van der Waals surface area contributed by atoms with Crippen LogP contribution in [0.25, 0.3) is 0 Å². The van der Waals surface area contributed by atoms with Gasteiger partial charge in [0.25, 0.3) is 5.91 Å². The van der Waals surface area contributed by atoms with Gasteiger partial charge in [0.1, 0.15) is 16.5 Å². The molecule has 0 aliphatic rings. The van der Waals surface area contributed by atoms with Crippen LogP contribution >= 0.6 is 11.3 Å². The van der Waals surface area contributed by atoms with Gasteiger partial charge in [-0.2, -0.15) is 0 Å². The molecule has 1 unspecified atom stereocenters. The lowest BCUT2D eigenvalue weighted by Crippen LogP contribution is -2.23. The second-order valence-electron chi connectivity index (χ2n) is 5.68. The topological polar surface area (TPSA) is 68.0 Å². The average molecular weight is 355 g/mol. The van der Waals surface area contributed by atoms with Crippen molar-refractivity contribution in [3.05, 3.63) is 87.6 Å². The van der Waals surface area contributed by atoms with Gasteiger partial charge in [-0.05, 0) is 29.7 Å². The Bertz CT molecular complexity index is 851. The molecule has 1 aromatic heterocycles. The minimum Gasteiger partial charge on any atom is -0.347 e. The first-order valence-corrected chi connectivity index (χ1v) is 8.77. The zero-order valence-corrected chi connectivity index (χ0v) is 14.3. The Balaban J connectivity index is 1.59. The van der Waals surface area contributed by atoms with Gasteiger partial charge < -0.3 is 11.1 Å². The maximum Gasteiger partial charge on any atom is 0.271 e. The third-order valence-electron chi connectivity index (χ3n) is 3.71. The van der Waals surface area contributed by atoms with Crippen molar-refractivity contribution < 1.29 is 9.18 Å². The van der Waals surface area contributed by atoms with Crippen LogP contribution in [-0.2, 0) is 13.0 Å². The number of carbonyl (C=O) groups excluding carboxylic acids is 1. The maximum atomic E-state index is 13.1. The summed E-state index contributed by atoms with van der Waals surface area (Å²) in [6.07, 6.45) is 0.665. The van der Waals surface area contributed by atoms with Crippen LogP contribution in [0.15, 0.2) is 60.0 Å². The van der Waals surface area contributed by atoms with Gasteiger partial charge in [-0.1, -0.05) is 42.5 Å². The third-order valence-corrected chi connectivity index (χ3v) is 4.69. The van der Waals surface area contributed by atoms with E-state index < -0.39 is 0 Å². The van der Waals surface area contributed by atoms with Gasteiger partial charge in [-0.25, -0.2) is 9.37 Å². The highest BCUT2D eigenvalue weighted by Crippen LogP contribution is 2.20. The van der Waals surface area contributed by atoms with Gasteiger partial charge in [0.05, 0.1) is 6.04 Å².